The summed E-state index contributed by atoms with van der Waals surface area (Å²) in [5.74, 6) is 0.156. The average Bonchev–Trinajstić information content (AvgIpc) is 3.50. The fraction of sp³-hybridized carbons (Fsp3) is 0.393. The molecule has 0 saturated heterocycles. The van der Waals surface area contributed by atoms with E-state index in [1.807, 2.05) is 55.6 Å². The van der Waals surface area contributed by atoms with Crippen LogP contribution in [-0.2, 0) is 24.2 Å². The van der Waals surface area contributed by atoms with Crippen LogP contribution in [0.1, 0.15) is 46.6 Å². The molecule has 188 valence electrons. The van der Waals surface area contributed by atoms with Gasteiger partial charge in [0.05, 0.1) is 22.3 Å². The van der Waals surface area contributed by atoms with Crippen molar-refractivity contribution in [2.24, 2.45) is 4.99 Å². The zero-order valence-corrected chi connectivity index (χ0v) is 22.7. The maximum Gasteiger partial charge on any atom is 0.254 e. The highest BCUT2D eigenvalue weighted by Crippen LogP contribution is 2.37. The van der Waals surface area contributed by atoms with E-state index in [1.54, 1.807) is 11.3 Å². The molecule has 0 saturated carbocycles. The van der Waals surface area contributed by atoms with Crippen LogP contribution in [0.4, 0.5) is 5.69 Å². The van der Waals surface area contributed by atoms with Gasteiger partial charge >= 0.3 is 0 Å². The summed E-state index contributed by atoms with van der Waals surface area (Å²) in [7, 11) is 4.06. The van der Waals surface area contributed by atoms with Crippen molar-refractivity contribution in [1.29, 1.82) is 0 Å². The Balaban J connectivity index is 1.39. The maximum atomic E-state index is 13.1. The topological polar surface area (TPSA) is 65.0 Å². The van der Waals surface area contributed by atoms with E-state index in [9.17, 15) is 9.59 Å². The number of hydrogen-bond donors (Lipinski definition) is 1. The van der Waals surface area contributed by atoms with Crippen LogP contribution in [0.3, 0.4) is 0 Å². The number of rotatable bonds is 6. The Bertz CT molecular complexity index is 1320. The second kappa shape index (κ2) is 9.96. The van der Waals surface area contributed by atoms with Crippen molar-refractivity contribution in [3.63, 3.8) is 0 Å². The summed E-state index contributed by atoms with van der Waals surface area (Å²) in [5.41, 5.74) is 6.08. The second-order valence-corrected chi connectivity index (χ2v) is 11.5. The summed E-state index contributed by atoms with van der Waals surface area (Å²) in [6, 6.07) is 6.27. The van der Waals surface area contributed by atoms with Crippen molar-refractivity contribution < 1.29 is 9.59 Å². The fourth-order valence-corrected chi connectivity index (χ4v) is 6.20. The summed E-state index contributed by atoms with van der Waals surface area (Å²) in [5, 5.41) is 6.25. The smallest absolute Gasteiger partial charge is 0.254 e. The SMILES string of the molecule is C[C@@H](Cc1sccc1Cl)N=C1C=CCC(=O)C1=C1Cc2cc3c(cc2N1)CN(C[C@H](C)N(C)C)C3=O. The number of fused-ring (bicyclic) bond motifs is 2. The van der Waals surface area contributed by atoms with Gasteiger partial charge in [0.2, 0.25) is 0 Å². The highest BCUT2D eigenvalue weighted by molar-refractivity contribution is 7.10. The molecule has 6 nitrogen and oxygen atoms in total. The fourth-order valence-electron chi connectivity index (χ4n) is 4.97. The molecule has 2 aliphatic heterocycles. The minimum Gasteiger partial charge on any atom is -0.358 e. The van der Waals surface area contributed by atoms with Crippen molar-refractivity contribution in [3.8, 4) is 0 Å². The van der Waals surface area contributed by atoms with Gasteiger partial charge in [0.25, 0.3) is 5.91 Å². The van der Waals surface area contributed by atoms with Crippen LogP contribution in [0.2, 0.25) is 5.02 Å². The van der Waals surface area contributed by atoms with Gasteiger partial charge in [-0.25, -0.2) is 0 Å². The number of halogens is 1. The van der Waals surface area contributed by atoms with Crippen molar-refractivity contribution >= 4 is 46.0 Å². The Kier molecular flexibility index (Phi) is 6.90. The molecule has 1 aliphatic carbocycles. The minimum absolute atomic E-state index is 0.0111. The molecule has 8 heteroatoms. The molecule has 5 rings (SSSR count). The molecule has 0 radical (unpaired) electrons. The number of thiophene rings is 1. The van der Waals surface area contributed by atoms with E-state index in [1.165, 1.54) is 0 Å². The number of amides is 1. The van der Waals surface area contributed by atoms with Gasteiger partial charge in [0.15, 0.2) is 5.78 Å². The number of nitrogens with zero attached hydrogens (tertiary/aromatic N) is 3. The quantitative estimate of drug-likeness (QED) is 0.534. The average molecular weight is 523 g/mol. The van der Waals surface area contributed by atoms with Crippen LogP contribution in [0, 0.1) is 0 Å². The number of likely N-dealkylation sites (N-methyl/N-ethyl adjacent to an activating group) is 1. The molecule has 2 aromatic rings. The van der Waals surface area contributed by atoms with E-state index in [0.29, 0.717) is 37.2 Å². The van der Waals surface area contributed by atoms with Gasteiger partial charge in [0, 0.05) is 60.2 Å². The molecule has 2 atom stereocenters. The van der Waals surface area contributed by atoms with Crippen molar-refractivity contribution in [1.82, 2.24) is 9.80 Å². The standard InChI is InChI=1S/C28H31ClN4O2S/c1-16(10-26-21(29)8-9-36-26)30-22-6-5-7-25(34)27(22)24-12-18-11-20-19(13-23(18)31-24)15-33(28(20)35)14-17(2)32(3)4/h5-6,8-9,11,13,16-17,31H,7,10,12,14-15H2,1-4H3/t16-,17-/m0/s1. The number of aliphatic imine (C=N–C) groups is 1. The van der Waals surface area contributed by atoms with Crippen LogP contribution in [-0.4, -0.2) is 59.9 Å². The number of ketones is 1. The largest absolute Gasteiger partial charge is 0.358 e. The number of carbonyl (C=O) groups excluding carboxylic acids is 2. The van der Waals surface area contributed by atoms with Gasteiger partial charge in [-0.1, -0.05) is 17.7 Å². The lowest BCUT2D eigenvalue weighted by Crippen LogP contribution is -2.38. The number of anilines is 1. The van der Waals surface area contributed by atoms with E-state index < -0.39 is 0 Å². The third-order valence-corrected chi connectivity index (χ3v) is 8.58. The lowest BCUT2D eigenvalue weighted by molar-refractivity contribution is -0.114. The molecule has 1 amide bonds. The number of hydrogen-bond acceptors (Lipinski definition) is 6. The first-order valence-corrected chi connectivity index (χ1v) is 13.6. The minimum atomic E-state index is -0.0111. The number of nitrogens with one attached hydrogen (secondary N) is 1. The molecule has 3 aliphatic rings. The lowest BCUT2D eigenvalue weighted by Gasteiger charge is -2.25. The van der Waals surface area contributed by atoms with E-state index in [4.69, 9.17) is 16.6 Å². The van der Waals surface area contributed by atoms with E-state index in [-0.39, 0.29) is 23.8 Å². The summed E-state index contributed by atoms with van der Waals surface area (Å²) < 4.78 is 0. The number of allylic oxidation sites excluding steroid dienone is 4. The number of benzene rings is 1. The van der Waals surface area contributed by atoms with Crippen molar-refractivity contribution in [2.45, 2.75) is 51.7 Å². The first-order valence-electron chi connectivity index (χ1n) is 12.3. The molecule has 3 heterocycles. The molecule has 1 aromatic heterocycles. The number of carbonyl (C=O) groups is 2. The predicted octanol–water partition coefficient (Wildman–Crippen LogP) is 5.13. The molecule has 1 N–H and O–H groups in total. The Morgan fingerprint density at radius 3 is 2.75 bits per heavy atom. The molecular weight excluding hydrogens is 492 g/mol. The first-order chi connectivity index (χ1) is 17.2. The molecule has 1 aromatic carbocycles. The van der Waals surface area contributed by atoms with E-state index in [2.05, 4.69) is 23.2 Å². The van der Waals surface area contributed by atoms with Gasteiger partial charge in [-0.15, -0.1) is 11.3 Å². The van der Waals surface area contributed by atoms with Crippen LogP contribution in [0.15, 0.2) is 52.0 Å². The Morgan fingerprint density at radius 1 is 1.22 bits per heavy atom. The Hall–Kier alpha value is -2.74. The van der Waals surface area contributed by atoms with Gasteiger partial charge < -0.3 is 15.1 Å². The van der Waals surface area contributed by atoms with Crippen molar-refractivity contribution in [2.75, 3.05) is 26.0 Å². The normalized spacial score (nSPS) is 21.8. The van der Waals surface area contributed by atoms with Crippen molar-refractivity contribution in [3.05, 3.63) is 73.6 Å². The summed E-state index contributed by atoms with van der Waals surface area (Å²) in [4.78, 5) is 36.2. The zero-order valence-electron chi connectivity index (χ0n) is 21.1. The lowest BCUT2D eigenvalue weighted by atomic mass is 9.93. The highest BCUT2D eigenvalue weighted by Gasteiger charge is 2.33. The van der Waals surface area contributed by atoms with E-state index >= 15 is 0 Å². The molecule has 36 heavy (non-hydrogen) atoms. The Morgan fingerprint density at radius 2 is 2.03 bits per heavy atom. The maximum absolute atomic E-state index is 13.1. The third kappa shape index (κ3) is 4.80. The van der Waals surface area contributed by atoms with Crippen LogP contribution in [0.25, 0.3) is 0 Å². The number of Topliss-reactive ketones (excluding diaryl/α,β-unsaturated/α-hetero) is 1. The van der Waals surface area contributed by atoms with Crippen LogP contribution < -0.4 is 5.32 Å². The van der Waals surface area contributed by atoms with Gasteiger partial charge in [-0.05, 0) is 68.7 Å². The molecule has 0 unspecified atom stereocenters. The van der Waals surface area contributed by atoms with Gasteiger partial charge in [-0.3, -0.25) is 14.6 Å². The predicted molar refractivity (Wildman–Crippen MR) is 147 cm³/mol. The Labute approximate surface area is 221 Å². The third-order valence-electron chi connectivity index (χ3n) is 7.17. The molecular formula is C28H31ClN4O2S. The van der Waals surface area contributed by atoms with E-state index in [0.717, 1.165) is 44.4 Å². The second-order valence-electron chi connectivity index (χ2n) is 10.1. The summed E-state index contributed by atoms with van der Waals surface area (Å²) in [6.07, 6.45) is 5.52. The molecule has 0 spiro atoms. The molecule has 0 bridgehead atoms. The monoisotopic (exact) mass is 522 g/mol. The zero-order chi connectivity index (χ0) is 25.6. The molecule has 0 fully saturated rings. The first kappa shape index (κ1) is 24.9. The summed E-state index contributed by atoms with van der Waals surface area (Å²) in [6.45, 7) is 5.49. The highest BCUT2D eigenvalue weighted by atomic mass is 35.5. The van der Waals surface area contributed by atoms with Crippen LogP contribution >= 0.6 is 22.9 Å². The summed E-state index contributed by atoms with van der Waals surface area (Å²) >= 11 is 7.91. The van der Waals surface area contributed by atoms with Gasteiger partial charge in [0.1, 0.15) is 0 Å². The van der Waals surface area contributed by atoms with Crippen LogP contribution in [0.5, 0.6) is 0 Å². The van der Waals surface area contributed by atoms with Gasteiger partial charge in [-0.2, -0.15) is 0 Å².